The highest BCUT2D eigenvalue weighted by molar-refractivity contribution is 6.25. The Balaban J connectivity index is 2.88. The summed E-state index contributed by atoms with van der Waals surface area (Å²) >= 11 is 5.42. The van der Waals surface area contributed by atoms with E-state index in [1.807, 2.05) is 0 Å². The second kappa shape index (κ2) is 5.25. The molecule has 0 fully saturated rings. The van der Waals surface area contributed by atoms with E-state index in [9.17, 15) is 13.2 Å². The maximum Gasteiger partial charge on any atom is 0.418 e. The van der Waals surface area contributed by atoms with Gasteiger partial charge in [0.1, 0.15) is 0 Å². The summed E-state index contributed by atoms with van der Waals surface area (Å²) in [6.07, 6.45) is -4.35. The summed E-state index contributed by atoms with van der Waals surface area (Å²) in [6.45, 7) is 2.02. The molecule has 0 aromatic heterocycles. The van der Waals surface area contributed by atoms with E-state index in [2.05, 4.69) is 5.32 Å². The highest BCUT2D eigenvalue weighted by Crippen LogP contribution is 2.34. The van der Waals surface area contributed by atoms with Crippen LogP contribution in [-0.4, -0.2) is 6.54 Å². The number of alkyl halides is 3. The molecule has 0 atom stereocenters. The van der Waals surface area contributed by atoms with E-state index >= 15 is 0 Å². The van der Waals surface area contributed by atoms with Gasteiger partial charge in [0.2, 0.25) is 0 Å². The number of hydrogen-bond acceptors (Lipinski definition) is 1. The molecule has 1 aromatic carbocycles. The summed E-state index contributed by atoms with van der Waals surface area (Å²) in [5, 5.41) is 2.70. The molecule has 5 heteroatoms. The zero-order valence-electron chi connectivity index (χ0n) is 8.61. The summed E-state index contributed by atoms with van der Waals surface area (Å²) < 4.78 is 37.7. The first-order valence-corrected chi connectivity index (χ1v) is 5.04. The number of rotatable bonds is 3. The topological polar surface area (TPSA) is 12.0 Å². The predicted octanol–water partition coefficient (Wildman–Crippen LogP) is 4.26. The molecule has 0 heterocycles. The monoisotopic (exact) mass is 249 g/mol. The van der Waals surface area contributed by atoms with Crippen LogP contribution in [0.1, 0.15) is 12.5 Å². The van der Waals surface area contributed by atoms with E-state index in [1.54, 1.807) is 13.0 Å². The van der Waals surface area contributed by atoms with E-state index in [4.69, 9.17) is 11.6 Å². The third kappa shape index (κ3) is 3.45. The van der Waals surface area contributed by atoms with Gasteiger partial charge in [0.15, 0.2) is 0 Å². The van der Waals surface area contributed by atoms with Gasteiger partial charge in [-0.15, -0.1) is 0 Å². The van der Waals surface area contributed by atoms with Gasteiger partial charge in [-0.2, -0.15) is 13.2 Å². The fraction of sp³-hybridized carbons (Fsp3) is 0.273. The first-order chi connectivity index (χ1) is 7.45. The molecular formula is C11H11ClF3N. The minimum Gasteiger partial charge on any atom is -0.381 e. The highest BCUT2D eigenvalue weighted by atomic mass is 35.5. The van der Waals surface area contributed by atoms with Crippen LogP contribution in [0.25, 0.3) is 0 Å². The standard InChI is InChI=1S/C11H11ClF3N/c1-8(6-12)7-16-10-5-3-2-4-9(10)11(13,14)15/h2-6,16H,7H2,1H3/b8-6-. The first-order valence-electron chi connectivity index (χ1n) is 4.61. The van der Waals surface area contributed by atoms with Gasteiger partial charge in [0, 0.05) is 17.8 Å². The Morgan fingerprint density at radius 3 is 2.56 bits per heavy atom. The molecule has 1 nitrogen and oxygen atoms in total. The van der Waals surface area contributed by atoms with Crippen LogP contribution in [0.4, 0.5) is 18.9 Å². The lowest BCUT2D eigenvalue weighted by Gasteiger charge is -2.14. The van der Waals surface area contributed by atoms with Crippen molar-refractivity contribution in [1.82, 2.24) is 0 Å². The Labute approximate surface area is 96.9 Å². The number of anilines is 1. The van der Waals surface area contributed by atoms with Crippen molar-refractivity contribution in [1.29, 1.82) is 0 Å². The fourth-order valence-electron chi connectivity index (χ4n) is 1.16. The molecule has 0 radical (unpaired) electrons. The Morgan fingerprint density at radius 1 is 1.38 bits per heavy atom. The maximum atomic E-state index is 12.6. The van der Waals surface area contributed by atoms with Crippen molar-refractivity contribution >= 4 is 17.3 Å². The number of benzene rings is 1. The average Bonchev–Trinajstić information content (AvgIpc) is 2.25. The second-order valence-electron chi connectivity index (χ2n) is 3.35. The quantitative estimate of drug-likeness (QED) is 0.844. The Morgan fingerprint density at radius 2 is 2.00 bits per heavy atom. The van der Waals surface area contributed by atoms with E-state index in [0.29, 0.717) is 0 Å². The maximum absolute atomic E-state index is 12.6. The van der Waals surface area contributed by atoms with Crippen molar-refractivity contribution in [3.05, 3.63) is 40.9 Å². The van der Waals surface area contributed by atoms with Gasteiger partial charge in [-0.05, 0) is 24.6 Å². The lowest BCUT2D eigenvalue weighted by atomic mass is 10.1. The van der Waals surface area contributed by atoms with Crippen molar-refractivity contribution in [2.24, 2.45) is 0 Å². The predicted molar refractivity (Wildman–Crippen MR) is 59.5 cm³/mol. The normalized spacial score (nSPS) is 12.7. The van der Waals surface area contributed by atoms with Crippen LogP contribution in [0.3, 0.4) is 0 Å². The third-order valence-electron chi connectivity index (χ3n) is 1.98. The molecular weight excluding hydrogens is 239 g/mol. The Bertz CT molecular complexity index is 385. The van der Waals surface area contributed by atoms with E-state index in [-0.39, 0.29) is 12.2 Å². The molecule has 1 aromatic rings. The van der Waals surface area contributed by atoms with Crippen LogP contribution in [0.2, 0.25) is 0 Å². The van der Waals surface area contributed by atoms with Gasteiger partial charge in [-0.25, -0.2) is 0 Å². The van der Waals surface area contributed by atoms with Crippen LogP contribution >= 0.6 is 11.6 Å². The fourth-order valence-corrected chi connectivity index (χ4v) is 1.23. The lowest BCUT2D eigenvalue weighted by Crippen LogP contribution is -2.11. The Kier molecular flexibility index (Phi) is 4.24. The minimum absolute atomic E-state index is 0.0628. The van der Waals surface area contributed by atoms with Gasteiger partial charge < -0.3 is 5.32 Å². The number of nitrogens with one attached hydrogen (secondary N) is 1. The zero-order valence-corrected chi connectivity index (χ0v) is 9.36. The van der Waals surface area contributed by atoms with Crippen molar-refractivity contribution < 1.29 is 13.2 Å². The van der Waals surface area contributed by atoms with E-state index in [1.165, 1.54) is 17.7 Å². The molecule has 0 bridgehead atoms. The smallest absolute Gasteiger partial charge is 0.381 e. The first kappa shape index (κ1) is 12.9. The van der Waals surface area contributed by atoms with Gasteiger partial charge >= 0.3 is 6.18 Å². The van der Waals surface area contributed by atoms with Gasteiger partial charge in [0.25, 0.3) is 0 Å². The van der Waals surface area contributed by atoms with Gasteiger partial charge in [0.05, 0.1) is 5.56 Å². The van der Waals surface area contributed by atoms with Crippen LogP contribution < -0.4 is 5.32 Å². The molecule has 16 heavy (non-hydrogen) atoms. The molecule has 88 valence electrons. The number of halogens is 4. The third-order valence-corrected chi connectivity index (χ3v) is 2.35. The van der Waals surface area contributed by atoms with Crippen LogP contribution in [0, 0.1) is 0 Å². The molecule has 0 saturated carbocycles. The minimum atomic E-state index is -4.35. The molecule has 0 aliphatic carbocycles. The molecule has 0 aliphatic rings. The summed E-state index contributed by atoms with van der Waals surface area (Å²) in [7, 11) is 0. The summed E-state index contributed by atoms with van der Waals surface area (Å²) in [6, 6.07) is 5.35. The zero-order chi connectivity index (χ0) is 12.2. The van der Waals surface area contributed by atoms with E-state index < -0.39 is 11.7 Å². The largest absolute Gasteiger partial charge is 0.418 e. The molecule has 1 rings (SSSR count). The SMILES string of the molecule is C/C(=C/Cl)CNc1ccccc1C(F)(F)F. The number of para-hydroxylation sites is 1. The molecule has 1 N–H and O–H groups in total. The molecule has 0 spiro atoms. The molecule has 0 saturated heterocycles. The molecule has 0 aliphatic heterocycles. The second-order valence-corrected chi connectivity index (χ2v) is 3.57. The summed E-state index contributed by atoms with van der Waals surface area (Å²) in [5.74, 6) is 0. The van der Waals surface area contributed by atoms with Crippen molar-refractivity contribution in [3.8, 4) is 0 Å². The average molecular weight is 250 g/mol. The molecule has 0 unspecified atom stereocenters. The number of hydrogen-bond donors (Lipinski definition) is 1. The highest BCUT2D eigenvalue weighted by Gasteiger charge is 2.32. The van der Waals surface area contributed by atoms with Crippen LogP contribution in [0.5, 0.6) is 0 Å². The lowest BCUT2D eigenvalue weighted by molar-refractivity contribution is -0.136. The van der Waals surface area contributed by atoms with Gasteiger partial charge in [-0.1, -0.05) is 23.7 Å². The van der Waals surface area contributed by atoms with Crippen LogP contribution in [-0.2, 0) is 6.18 Å². The molecule has 0 amide bonds. The summed E-state index contributed by atoms with van der Waals surface area (Å²) in [5.41, 5.74) is 1.49. The van der Waals surface area contributed by atoms with Crippen molar-refractivity contribution in [3.63, 3.8) is 0 Å². The Hall–Kier alpha value is -1.16. The summed E-state index contributed by atoms with van der Waals surface area (Å²) in [4.78, 5) is 0. The van der Waals surface area contributed by atoms with Gasteiger partial charge in [-0.3, -0.25) is 0 Å². The van der Waals surface area contributed by atoms with Crippen molar-refractivity contribution in [2.75, 3.05) is 11.9 Å². The van der Waals surface area contributed by atoms with Crippen LogP contribution in [0.15, 0.2) is 35.4 Å². The van der Waals surface area contributed by atoms with E-state index in [0.717, 1.165) is 11.6 Å². The van der Waals surface area contributed by atoms with Crippen molar-refractivity contribution in [2.45, 2.75) is 13.1 Å².